The van der Waals surface area contributed by atoms with Crippen molar-refractivity contribution in [2.24, 2.45) is 0 Å². The van der Waals surface area contributed by atoms with Crippen LogP contribution in [0.5, 0.6) is 0 Å². The van der Waals surface area contributed by atoms with E-state index in [0.29, 0.717) is 0 Å². The Morgan fingerprint density at radius 3 is 1.71 bits per heavy atom. The highest BCUT2D eigenvalue weighted by molar-refractivity contribution is 14.2. The molecule has 0 radical (unpaired) electrons. The van der Waals surface area contributed by atoms with Gasteiger partial charge in [-0.2, -0.15) is 0 Å². The number of pyridine rings is 1. The first-order chi connectivity index (χ1) is 15.2. The smallest absolute Gasteiger partial charge is 0.123 e. The second kappa shape index (κ2) is 8.81. The van der Waals surface area contributed by atoms with Gasteiger partial charge in [-0.15, -0.1) is 0 Å². The summed E-state index contributed by atoms with van der Waals surface area (Å²) in [4.78, 5) is 5.92. The van der Waals surface area contributed by atoms with Crippen LogP contribution in [-0.4, -0.2) is 4.98 Å². The third kappa shape index (κ3) is 4.36. The van der Waals surface area contributed by atoms with E-state index >= 15 is 0 Å². The quantitative estimate of drug-likeness (QED) is 0.214. The summed E-state index contributed by atoms with van der Waals surface area (Å²) < 4.78 is 13.2. The highest BCUT2D eigenvalue weighted by Gasteiger charge is 2.05. The minimum Gasteiger partial charge on any atom is -0.256 e. The maximum atomic E-state index is 13.2. The first-order valence-corrected chi connectivity index (χ1v) is 13.2. The van der Waals surface area contributed by atoms with Crippen LogP contribution in [0.25, 0.3) is 44.3 Å². The predicted molar refractivity (Wildman–Crippen MR) is 138 cm³/mol. The number of rotatable bonds is 4. The molecule has 0 aliphatic rings. The summed E-state index contributed by atoms with van der Waals surface area (Å²) in [7, 11) is 1.71. The van der Waals surface area contributed by atoms with Crippen molar-refractivity contribution in [3.05, 3.63) is 109 Å². The van der Waals surface area contributed by atoms with Gasteiger partial charge < -0.3 is 0 Å². The highest BCUT2D eigenvalue weighted by atomic mass is 127. The Balaban J connectivity index is 1.43. The van der Waals surface area contributed by atoms with E-state index < -0.39 is 0 Å². The van der Waals surface area contributed by atoms with Gasteiger partial charge in [0.1, 0.15) is 5.82 Å². The lowest BCUT2D eigenvalue weighted by Gasteiger charge is -2.08. The summed E-state index contributed by atoms with van der Waals surface area (Å²) in [5, 5.41) is 2.32. The molecule has 31 heavy (non-hydrogen) atoms. The highest BCUT2D eigenvalue weighted by Crippen LogP contribution is 2.30. The van der Waals surface area contributed by atoms with Crippen LogP contribution in [0.4, 0.5) is 4.39 Å². The largest absolute Gasteiger partial charge is 0.256 e. The van der Waals surface area contributed by atoms with Crippen molar-refractivity contribution in [3.63, 3.8) is 0 Å². The van der Waals surface area contributed by atoms with Crippen molar-refractivity contribution >= 4 is 40.9 Å². The number of nitrogens with zero attached hydrogens (tertiary/aromatic N) is 1. The molecule has 0 N–H and O–H groups in total. The molecule has 1 nitrogen and oxygen atoms in total. The fraction of sp³-hybridized carbons (Fsp3) is 0. The Bertz CT molecular complexity index is 1350. The molecule has 0 aliphatic carbocycles. The van der Waals surface area contributed by atoms with E-state index in [1.54, 1.807) is 8.93 Å². The summed E-state index contributed by atoms with van der Waals surface area (Å²) in [6.07, 6.45) is 1.93. The topological polar surface area (TPSA) is 12.9 Å². The predicted octanol–water partition coefficient (Wildman–Crippen LogP) is 8.82. The fourth-order valence-electron chi connectivity index (χ4n) is 3.66. The summed E-state index contributed by atoms with van der Waals surface area (Å²) >= 11 is 2.29. The van der Waals surface area contributed by atoms with Gasteiger partial charge in [-0.3, -0.25) is 4.98 Å². The second-order valence-corrected chi connectivity index (χ2v) is 9.26. The Morgan fingerprint density at radius 2 is 1.13 bits per heavy atom. The molecular weight excluding hydrogens is 516 g/mol. The van der Waals surface area contributed by atoms with Crippen LogP contribution in [0.1, 0.15) is 0 Å². The average Bonchev–Trinajstić information content (AvgIpc) is 2.84. The van der Waals surface area contributed by atoms with Crippen molar-refractivity contribution in [1.82, 2.24) is 4.98 Å². The molecule has 0 bridgehead atoms. The maximum Gasteiger partial charge on any atom is 0.123 e. The number of hydrogen-bond donors (Lipinski definition) is 0. The number of fused-ring (bicyclic) bond motifs is 1. The van der Waals surface area contributed by atoms with E-state index in [4.69, 9.17) is 0 Å². The van der Waals surface area contributed by atoms with Crippen LogP contribution in [-0.2, 0) is 0 Å². The molecule has 0 unspecified atom stereocenters. The van der Waals surface area contributed by atoms with Crippen molar-refractivity contribution in [3.8, 4) is 33.5 Å². The van der Waals surface area contributed by atoms with E-state index in [1.807, 2.05) is 18.3 Å². The minimum absolute atomic E-state index is 0.217. The second-order valence-electron chi connectivity index (χ2n) is 7.32. The molecular formula is C27H17FINS. The maximum absolute atomic E-state index is 13.2. The van der Waals surface area contributed by atoms with E-state index in [9.17, 15) is 4.39 Å². The van der Waals surface area contributed by atoms with E-state index in [2.05, 4.69) is 99.0 Å². The molecule has 0 amide bonds. The lowest BCUT2D eigenvalue weighted by Crippen LogP contribution is -1.86. The van der Waals surface area contributed by atoms with Gasteiger partial charge in [0.2, 0.25) is 0 Å². The first kappa shape index (κ1) is 20.2. The monoisotopic (exact) mass is 533 g/mol. The van der Waals surface area contributed by atoms with E-state index in [-0.39, 0.29) is 5.82 Å². The lowest BCUT2D eigenvalue weighted by atomic mass is 9.98. The molecule has 0 atom stereocenters. The van der Waals surface area contributed by atoms with E-state index in [1.165, 1.54) is 22.4 Å². The number of halogens is 2. The Morgan fingerprint density at radius 1 is 0.581 bits per heavy atom. The lowest BCUT2D eigenvalue weighted by molar-refractivity contribution is 0.628. The Labute approximate surface area is 197 Å². The molecule has 5 aromatic rings. The van der Waals surface area contributed by atoms with Crippen LogP contribution in [0, 0.1) is 5.82 Å². The third-order valence-corrected chi connectivity index (χ3v) is 7.33. The molecule has 150 valence electrons. The van der Waals surface area contributed by atoms with Crippen LogP contribution in [0.2, 0.25) is 0 Å². The van der Waals surface area contributed by atoms with Gasteiger partial charge in [0, 0.05) is 43.4 Å². The van der Waals surface area contributed by atoms with Gasteiger partial charge >= 0.3 is 0 Å². The van der Waals surface area contributed by atoms with Gasteiger partial charge in [-0.1, -0.05) is 63.5 Å². The average molecular weight is 533 g/mol. The zero-order valence-corrected chi connectivity index (χ0v) is 19.4. The van der Waals surface area contributed by atoms with Crippen LogP contribution >= 0.6 is 30.1 Å². The number of benzene rings is 4. The fourth-order valence-corrected chi connectivity index (χ4v) is 4.78. The molecule has 0 saturated carbocycles. The molecule has 0 saturated heterocycles. The summed E-state index contributed by atoms with van der Waals surface area (Å²) in [5.74, 6) is -0.217. The Hall–Kier alpha value is -2.70. The molecule has 0 fully saturated rings. The molecule has 1 heterocycles. The molecule has 0 aliphatic heterocycles. The standard InChI is InChI=1S/C27H17FINS/c28-25-10-5-18(6-11-25)20-1-2-22-16-23(4-3-21(22)15-20)24-9-14-27(30-17-24)19-7-12-26(31-29)13-8-19/h1-17H. The van der Waals surface area contributed by atoms with Crippen LogP contribution < -0.4 is 0 Å². The third-order valence-electron chi connectivity index (χ3n) is 5.35. The van der Waals surface area contributed by atoms with Gasteiger partial charge in [0.05, 0.1) is 5.69 Å². The van der Waals surface area contributed by atoms with Crippen molar-refractivity contribution in [2.75, 3.05) is 0 Å². The summed E-state index contributed by atoms with van der Waals surface area (Å²) in [6, 6.07) is 32.0. The Kier molecular flexibility index (Phi) is 5.74. The SMILES string of the molecule is Fc1ccc(-c2ccc3cc(-c4ccc(-c5ccc(SI)cc5)nc4)ccc3c2)cc1. The first-order valence-electron chi connectivity index (χ1n) is 9.85. The van der Waals surface area contributed by atoms with Crippen molar-refractivity contribution < 1.29 is 4.39 Å². The molecule has 1 aromatic heterocycles. The van der Waals surface area contributed by atoms with Gasteiger partial charge in [0.15, 0.2) is 0 Å². The van der Waals surface area contributed by atoms with Crippen LogP contribution in [0.15, 0.2) is 108 Å². The van der Waals surface area contributed by atoms with Crippen molar-refractivity contribution in [2.45, 2.75) is 4.90 Å². The van der Waals surface area contributed by atoms with Crippen LogP contribution in [0.3, 0.4) is 0 Å². The molecule has 4 aromatic carbocycles. The van der Waals surface area contributed by atoms with Gasteiger partial charge in [-0.05, 0) is 69.9 Å². The zero-order chi connectivity index (χ0) is 21.2. The normalized spacial score (nSPS) is 11.0. The van der Waals surface area contributed by atoms with Gasteiger partial charge in [0.25, 0.3) is 0 Å². The molecule has 5 rings (SSSR count). The van der Waals surface area contributed by atoms with Gasteiger partial charge in [-0.25, -0.2) is 4.39 Å². The molecule has 0 spiro atoms. The molecule has 4 heteroatoms. The van der Waals surface area contributed by atoms with E-state index in [0.717, 1.165) is 38.9 Å². The summed E-state index contributed by atoms with van der Waals surface area (Å²) in [5.41, 5.74) is 6.41. The zero-order valence-electron chi connectivity index (χ0n) is 16.4. The number of hydrogen-bond acceptors (Lipinski definition) is 2. The minimum atomic E-state index is -0.217. The number of aromatic nitrogens is 1. The van der Waals surface area contributed by atoms with Crippen molar-refractivity contribution in [1.29, 1.82) is 0 Å². The summed E-state index contributed by atoms with van der Waals surface area (Å²) in [6.45, 7) is 0.